The molecule has 0 aliphatic carbocycles. The predicted octanol–water partition coefficient (Wildman–Crippen LogP) is 6.00. The van der Waals surface area contributed by atoms with Gasteiger partial charge in [-0.2, -0.15) is 0 Å². The van der Waals surface area contributed by atoms with Crippen LogP contribution in [0.5, 0.6) is 0 Å². The molecule has 0 saturated carbocycles. The van der Waals surface area contributed by atoms with Gasteiger partial charge in [0.15, 0.2) is 0 Å². The maximum atomic E-state index is 6.32. The summed E-state index contributed by atoms with van der Waals surface area (Å²) < 4.78 is 8.47. The molecule has 0 aliphatic heterocycles. The number of aryl methyl sites for hydroxylation is 2. The molecule has 0 radical (unpaired) electrons. The lowest BCUT2D eigenvalue weighted by Crippen LogP contribution is -1.97. The summed E-state index contributed by atoms with van der Waals surface area (Å²) in [5, 5.41) is 2.05. The molecule has 30 heavy (non-hydrogen) atoms. The number of pyridine rings is 2. The zero-order valence-corrected chi connectivity index (χ0v) is 16.6. The van der Waals surface area contributed by atoms with Crippen molar-refractivity contribution in [3.8, 4) is 17.1 Å². The maximum absolute atomic E-state index is 6.32. The number of imidazole rings is 1. The lowest BCUT2D eigenvalue weighted by molar-refractivity contribution is 0.668. The summed E-state index contributed by atoms with van der Waals surface area (Å²) in [5.74, 6) is 0.831. The highest BCUT2D eigenvalue weighted by Gasteiger charge is 2.20. The van der Waals surface area contributed by atoms with Crippen molar-refractivity contribution in [3.05, 3.63) is 84.4 Å². The second-order valence-corrected chi connectivity index (χ2v) is 7.53. The van der Waals surface area contributed by atoms with Crippen LogP contribution >= 0.6 is 0 Å². The highest BCUT2D eigenvalue weighted by molar-refractivity contribution is 6.09. The van der Waals surface area contributed by atoms with Crippen LogP contribution in [0.4, 0.5) is 0 Å². The van der Waals surface area contributed by atoms with Crippen molar-refractivity contribution in [1.82, 2.24) is 19.5 Å². The summed E-state index contributed by atoms with van der Waals surface area (Å²) in [5.41, 5.74) is 7.38. The average Bonchev–Trinajstić information content (AvgIpc) is 3.31. The standard InChI is InChI=1S/C25H18N4O/c1-15-11-21-22(14-27-15)29(17-7-4-3-5-8-17)25(28-21)19-10-6-9-18-20-13-26-16(2)12-23(20)30-24(18)19/h3-14H,1-2H3. The van der Waals surface area contributed by atoms with Gasteiger partial charge in [0.2, 0.25) is 0 Å². The second-order valence-electron chi connectivity index (χ2n) is 7.53. The highest BCUT2D eigenvalue weighted by atomic mass is 16.3. The fraction of sp³-hybridized carbons (Fsp3) is 0.0800. The van der Waals surface area contributed by atoms with Gasteiger partial charge >= 0.3 is 0 Å². The predicted molar refractivity (Wildman–Crippen MR) is 119 cm³/mol. The Morgan fingerprint density at radius 3 is 2.47 bits per heavy atom. The Kier molecular flexibility index (Phi) is 3.53. The van der Waals surface area contributed by atoms with Crippen LogP contribution in [-0.2, 0) is 0 Å². The van der Waals surface area contributed by atoms with E-state index in [0.717, 1.165) is 61.4 Å². The molecule has 0 aliphatic rings. The van der Waals surface area contributed by atoms with Crippen LogP contribution < -0.4 is 0 Å². The van der Waals surface area contributed by atoms with Gasteiger partial charge < -0.3 is 4.42 Å². The topological polar surface area (TPSA) is 56.7 Å². The zero-order chi connectivity index (χ0) is 20.2. The molecule has 0 spiro atoms. The molecule has 5 nitrogen and oxygen atoms in total. The number of aromatic nitrogens is 4. The number of fused-ring (bicyclic) bond motifs is 4. The molecule has 0 unspecified atom stereocenters. The quantitative estimate of drug-likeness (QED) is 0.364. The van der Waals surface area contributed by atoms with E-state index in [1.807, 2.05) is 62.6 Å². The molecule has 6 aromatic rings. The number of furan rings is 1. The van der Waals surface area contributed by atoms with Gasteiger partial charge in [-0.15, -0.1) is 0 Å². The van der Waals surface area contributed by atoms with Gasteiger partial charge in [0.1, 0.15) is 17.0 Å². The fourth-order valence-electron chi connectivity index (χ4n) is 4.06. The molecular formula is C25H18N4O. The van der Waals surface area contributed by atoms with Crippen LogP contribution in [0.1, 0.15) is 11.4 Å². The zero-order valence-electron chi connectivity index (χ0n) is 16.6. The van der Waals surface area contributed by atoms with E-state index >= 15 is 0 Å². The minimum absolute atomic E-state index is 0.817. The molecule has 0 saturated heterocycles. The first-order valence-corrected chi connectivity index (χ1v) is 9.88. The van der Waals surface area contributed by atoms with Crippen LogP contribution in [0.15, 0.2) is 77.5 Å². The molecule has 6 rings (SSSR count). The second kappa shape index (κ2) is 6.26. The Balaban J connectivity index is 1.73. The Morgan fingerprint density at radius 1 is 0.800 bits per heavy atom. The van der Waals surface area contributed by atoms with E-state index in [1.54, 1.807) is 0 Å². The van der Waals surface area contributed by atoms with Gasteiger partial charge in [-0.05, 0) is 38.1 Å². The fourth-order valence-corrected chi connectivity index (χ4v) is 4.06. The van der Waals surface area contributed by atoms with Crippen molar-refractivity contribution in [1.29, 1.82) is 0 Å². The molecule has 4 heterocycles. The SMILES string of the molecule is Cc1cc2nc(-c3cccc4c3oc3cc(C)ncc34)n(-c3ccccc3)c2cn1. The third-order valence-electron chi connectivity index (χ3n) is 5.45. The lowest BCUT2D eigenvalue weighted by Gasteiger charge is -2.09. The van der Waals surface area contributed by atoms with E-state index < -0.39 is 0 Å². The van der Waals surface area contributed by atoms with Crippen LogP contribution in [-0.4, -0.2) is 19.5 Å². The van der Waals surface area contributed by atoms with Crippen molar-refractivity contribution >= 4 is 33.0 Å². The minimum Gasteiger partial charge on any atom is -0.455 e. The van der Waals surface area contributed by atoms with E-state index in [2.05, 4.69) is 38.8 Å². The van der Waals surface area contributed by atoms with E-state index in [0.29, 0.717) is 0 Å². The monoisotopic (exact) mass is 390 g/mol. The summed E-state index contributed by atoms with van der Waals surface area (Å²) in [6.45, 7) is 3.95. The summed E-state index contributed by atoms with van der Waals surface area (Å²) in [4.78, 5) is 14.0. The Morgan fingerprint density at radius 2 is 1.60 bits per heavy atom. The summed E-state index contributed by atoms with van der Waals surface area (Å²) >= 11 is 0. The van der Waals surface area contributed by atoms with Gasteiger partial charge in [0.25, 0.3) is 0 Å². The van der Waals surface area contributed by atoms with Crippen molar-refractivity contribution in [3.63, 3.8) is 0 Å². The number of benzene rings is 2. The first-order valence-electron chi connectivity index (χ1n) is 9.88. The van der Waals surface area contributed by atoms with Crippen LogP contribution in [0.3, 0.4) is 0 Å². The van der Waals surface area contributed by atoms with Gasteiger partial charge in [0.05, 0.1) is 22.8 Å². The smallest absolute Gasteiger partial charge is 0.149 e. The van der Waals surface area contributed by atoms with Gasteiger partial charge in [-0.25, -0.2) is 4.98 Å². The van der Waals surface area contributed by atoms with Crippen molar-refractivity contribution in [2.24, 2.45) is 0 Å². The third kappa shape index (κ3) is 2.45. The summed E-state index contributed by atoms with van der Waals surface area (Å²) in [7, 11) is 0. The third-order valence-corrected chi connectivity index (χ3v) is 5.45. The maximum Gasteiger partial charge on any atom is 0.149 e. The molecule has 144 valence electrons. The molecule has 4 aromatic heterocycles. The minimum atomic E-state index is 0.817. The van der Waals surface area contributed by atoms with Crippen molar-refractivity contribution in [2.45, 2.75) is 13.8 Å². The number of hydrogen-bond donors (Lipinski definition) is 0. The van der Waals surface area contributed by atoms with Crippen LogP contribution in [0, 0.1) is 13.8 Å². The molecule has 5 heteroatoms. The number of para-hydroxylation sites is 2. The number of rotatable bonds is 2. The molecule has 0 amide bonds. The van der Waals surface area contributed by atoms with Gasteiger partial charge in [-0.1, -0.05) is 30.3 Å². The molecular weight excluding hydrogens is 372 g/mol. The van der Waals surface area contributed by atoms with E-state index in [9.17, 15) is 0 Å². The largest absolute Gasteiger partial charge is 0.455 e. The number of hydrogen-bond acceptors (Lipinski definition) is 4. The van der Waals surface area contributed by atoms with Crippen molar-refractivity contribution in [2.75, 3.05) is 0 Å². The van der Waals surface area contributed by atoms with Gasteiger partial charge in [-0.3, -0.25) is 14.5 Å². The first kappa shape index (κ1) is 16.9. The highest BCUT2D eigenvalue weighted by Crippen LogP contribution is 2.37. The Hall–Kier alpha value is -3.99. The normalized spacial score (nSPS) is 11.7. The van der Waals surface area contributed by atoms with E-state index in [1.165, 1.54) is 0 Å². The van der Waals surface area contributed by atoms with E-state index in [-0.39, 0.29) is 0 Å². The van der Waals surface area contributed by atoms with Crippen molar-refractivity contribution < 1.29 is 4.42 Å². The molecule has 0 fully saturated rings. The average molecular weight is 390 g/mol. The molecule has 0 bridgehead atoms. The lowest BCUT2D eigenvalue weighted by atomic mass is 10.1. The summed E-state index contributed by atoms with van der Waals surface area (Å²) in [6.07, 6.45) is 3.77. The van der Waals surface area contributed by atoms with E-state index in [4.69, 9.17) is 9.40 Å². The van der Waals surface area contributed by atoms with Crippen LogP contribution in [0.25, 0.3) is 50.0 Å². The molecule has 0 N–H and O–H groups in total. The Bertz CT molecular complexity index is 1560. The summed E-state index contributed by atoms with van der Waals surface area (Å²) in [6, 6.07) is 20.4. The first-order chi connectivity index (χ1) is 14.7. The molecule has 0 atom stereocenters. The Labute approximate surface area is 172 Å². The van der Waals surface area contributed by atoms with Crippen LogP contribution in [0.2, 0.25) is 0 Å². The molecule has 2 aromatic carbocycles. The number of nitrogens with zero attached hydrogens (tertiary/aromatic N) is 4. The van der Waals surface area contributed by atoms with Gasteiger partial charge in [0, 0.05) is 40.1 Å².